The summed E-state index contributed by atoms with van der Waals surface area (Å²) in [6.45, 7) is 1.58. The maximum absolute atomic E-state index is 12.8. The van der Waals surface area contributed by atoms with E-state index in [2.05, 4.69) is 0 Å². The molecule has 4 heteroatoms. The second kappa shape index (κ2) is 3.95. The zero-order valence-electron chi connectivity index (χ0n) is 9.44. The summed E-state index contributed by atoms with van der Waals surface area (Å²) in [5.41, 5.74) is -0.492. The molecule has 1 aromatic carbocycles. The van der Waals surface area contributed by atoms with Crippen LogP contribution in [0.25, 0.3) is 0 Å². The number of aliphatic carboxylic acids is 1. The van der Waals surface area contributed by atoms with Gasteiger partial charge in [-0.25, -0.2) is 4.39 Å². The van der Waals surface area contributed by atoms with Gasteiger partial charge in [-0.05, 0) is 31.0 Å². The van der Waals surface area contributed by atoms with Crippen molar-refractivity contribution in [3.05, 3.63) is 35.6 Å². The van der Waals surface area contributed by atoms with Crippen LogP contribution in [0.15, 0.2) is 24.3 Å². The molecule has 1 aliphatic rings. The van der Waals surface area contributed by atoms with Crippen LogP contribution >= 0.6 is 0 Å². The molecule has 1 N–H and O–H groups in total. The molecule has 1 aromatic rings. The molecule has 0 aliphatic heterocycles. The minimum absolute atomic E-state index is 0.0819. The van der Waals surface area contributed by atoms with E-state index < -0.39 is 23.1 Å². The molecule has 0 aromatic heterocycles. The fraction of sp³-hybridized carbons (Fsp3) is 0.385. The first-order valence-corrected chi connectivity index (χ1v) is 5.47. The van der Waals surface area contributed by atoms with Crippen LogP contribution in [-0.4, -0.2) is 16.9 Å². The first kappa shape index (κ1) is 11.8. The lowest BCUT2D eigenvalue weighted by Gasteiger charge is -2.25. The van der Waals surface area contributed by atoms with Crippen molar-refractivity contribution < 1.29 is 19.1 Å². The van der Waals surface area contributed by atoms with Gasteiger partial charge in [-0.3, -0.25) is 9.59 Å². The molecule has 0 radical (unpaired) electrons. The minimum atomic E-state index is -1.07. The summed E-state index contributed by atoms with van der Waals surface area (Å²) in [5.74, 6) is -2.11. The largest absolute Gasteiger partial charge is 0.481 e. The van der Waals surface area contributed by atoms with Crippen LogP contribution in [0.5, 0.6) is 0 Å². The SMILES string of the molecule is C[C@@]1(C(=O)O)CCC(=O)[C@H]1c1ccc(F)cc1. The van der Waals surface area contributed by atoms with Gasteiger partial charge in [-0.1, -0.05) is 12.1 Å². The first-order valence-electron chi connectivity index (χ1n) is 5.47. The van der Waals surface area contributed by atoms with E-state index in [1.54, 1.807) is 6.92 Å². The molecule has 0 unspecified atom stereocenters. The highest BCUT2D eigenvalue weighted by Crippen LogP contribution is 2.47. The highest BCUT2D eigenvalue weighted by molar-refractivity contribution is 5.96. The number of halogens is 1. The van der Waals surface area contributed by atoms with Gasteiger partial charge in [0, 0.05) is 6.42 Å². The summed E-state index contributed by atoms with van der Waals surface area (Å²) >= 11 is 0. The van der Waals surface area contributed by atoms with Crippen molar-refractivity contribution in [2.75, 3.05) is 0 Å². The van der Waals surface area contributed by atoms with Gasteiger partial charge in [0.2, 0.25) is 0 Å². The van der Waals surface area contributed by atoms with Crippen LogP contribution in [-0.2, 0) is 9.59 Å². The monoisotopic (exact) mass is 236 g/mol. The number of Topliss-reactive ketones (excluding diaryl/α,β-unsaturated/α-hetero) is 1. The highest BCUT2D eigenvalue weighted by atomic mass is 19.1. The fourth-order valence-electron chi connectivity index (χ4n) is 2.47. The Morgan fingerprint density at radius 3 is 2.53 bits per heavy atom. The summed E-state index contributed by atoms with van der Waals surface area (Å²) in [7, 11) is 0. The maximum atomic E-state index is 12.8. The second-order valence-electron chi connectivity index (χ2n) is 4.67. The van der Waals surface area contributed by atoms with Crippen LogP contribution in [0.1, 0.15) is 31.2 Å². The fourth-order valence-corrected chi connectivity index (χ4v) is 2.47. The van der Waals surface area contributed by atoms with E-state index in [1.165, 1.54) is 24.3 Å². The first-order chi connectivity index (χ1) is 7.95. The van der Waals surface area contributed by atoms with Crippen molar-refractivity contribution in [3.63, 3.8) is 0 Å². The molecule has 0 bridgehead atoms. The molecular formula is C13H13FO3. The third-order valence-electron chi connectivity index (χ3n) is 3.54. The number of rotatable bonds is 2. The van der Waals surface area contributed by atoms with Gasteiger partial charge in [0.15, 0.2) is 0 Å². The number of hydrogen-bond donors (Lipinski definition) is 1. The van der Waals surface area contributed by atoms with Crippen molar-refractivity contribution in [3.8, 4) is 0 Å². The van der Waals surface area contributed by atoms with Gasteiger partial charge in [0.05, 0.1) is 11.3 Å². The number of carboxylic acid groups (broad SMARTS) is 1. The predicted octanol–water partition coefficient (Wildman–Crippen LogP) is 2.36. The summed E-state index contributed by atoms with van der Waals surface area (Å²) in [4.78, 5) is 23.1. The minimum Gasteiger partial charge on any atom is -0.481 e. The third-order valence-corrected chi connectivity index (χ3v) is 3.54. The molecule has 0 amide bonds. The van der Waals surface area contributed by atoms with Gasteiger partial charge in [0.25, 0.3) is 0 Å². The Kier molecular flexibility index (Phi) is 2.73. The molecule has 1 aliphatic carbocycles. The van der Waals surface area contributed by atoms with E-state index in [0.717, 1.165) is 0 Å². The average molecular weight is 236 g/mol. The maximum Gasteiger partial charge on any atom is 0.310 e. The topological polar surface area (TPSA) is 54.4 Å². The van der Waals surface area contributed by atoms with Crippen LogP contribution in [0.3, 0.4) is 0 Å². The van der Waals surface area contributed by atoms with Gasteiger partial charge >= 0.3 is 5.97 Å². The van der Waals surface area contributed by atoms with E-state index >= 15 is 0 Å². The molecule has 0 spiro atoms. The number of carbonyl (C=O) groups excluding carboxylic acids is 1. The van der Waals surface area contributed by atoms with Crippen LogP contribution < -0.4 is 0 Å². The lowest BCUT2D eigenvalue weighted by atomic mass is 9.76. The summed E-state index contributed by atoms with van der Waals surface area (Å²) in [5, 5.41) is 9.25. The van der Waals surface area contributed by atoms with Crippen molar-refractivity contribution in [1.82, 2.24) is 0 Å². The van der Waals surface area contributed by atoms with Crippen molar-refractivity contribution >= 4 is 11.8 Å². The third kappa shape index (κ3) is 1.84. The van der Waals surface area contributed by atoms with Gasteiger partial charge in [0.1, 0.15) is 11.6 Å². The van der Waals surface area contributed by atoms with Gasteiger partial charge < -0.3 is 5.11 Å². The summed E-state index contributed by atoms with van der Waals surface area (Å²) < 4.78 is 12.8. The Hall–Kier alpha value is -1.71. The molecule has 1 saturated carbocycles. The van der Waals surface area contributed by atoms with E-state index in [4.69, 9.17) is 0 Å². The van der Waals surface area contributed by atoms with E-state index in [9.17, 15) is 19.1 Å². The Balaban J connectivity index is 2.44. The molecule has 0 saturated heterocycles. The summed E-state index contributed by atoms with van der Waals surface area (Å²) in [6, 6.07) is 5.49. The quantitative estimate of drug-likeness (QED) is 0.857. The predicted molar refractivity (Wildman–Crippen MR) is 59.1 cm³/mol. The zero-order chi connectivity index (χ0) is 12.6. The normalized spacial score (nSPS) is 28.4. The molecule has 1 fully saturated rings. The number of hydrogen-bond acceptors (Lipinski definition) is 2. The molecule has 3 nitrogen and oxygen atoms in total. The molecule has 2 rings (SSSR count). The lowest BCUT2D eigenvalue weighted by Crippen LogP contribution is -2.32. The number of carboxylic acids is 1. The van der Waals surface area contributed by atoms with Crippen molar-refractivity contribution in [2.45, 2.75) is 25.7 Å². The molecular weight excluding hydrogens is 223 g/mol. The second-order valence-corrected chi connectivity index (χ2v) is 4.67. The Bertz CT molecular complexity index is 466. The summed E-state index contributed by atoms with van der Waals surface area (Å²) in [6.07, 6.45) is 0.605. The van der Waals surface area contributed by atoms with E-state index in [-0.39, 0.29) is 12.2 Å². The lowest BCUT2D eigenvalue weighted by molar-refractivity contribution is -0.149. The molecule has 90 valence electrons. The number of carbonyl (C=O) groups is 2. The van der Waals surface area contributed by atoms with Gasteiger partial charge in [-0.15, -0.1) is 0 Å². The van der Waals surface area contributed by atoms with E-state index in [1.807, 2.05) is 0 Å². The average Bonchev–Trinajstić information content (AvgIpc) is 2.58. The number of benzene rings is 1. The standard InChI is InChI=1S/C13H13FO3/c1-13(12(16)17)7-6-10(15)11(13)8-2-4-9(14)5-3-8/h2-5,11H,6-7H2,1H3,(H,16,17)/t11-,13-/m1/s1. The molecule has 17 heavy (non-hydrogen) atoms. The van der Waals surface area contributed by atoms with Crippen LogP contribution in [0.2, 0.25) is 0 Å². The van der Waals surface area contributed by atoms with Crippen molar-refractivity contribution in [1.29, 1.82) is 0 Å². The van der Waals surface area contributed by atoms with Crippen molar-refractivity contribution in [2.24, 2.45) is 5.41 Å². The van der Waals surface area contributed by atoms with Gasteiger partial charge in [-0.2, -0.15) is 0 Å². The highest BCUT2D eigenvalue weighted by Gasteiger charge is 2.50. The number of ketones is 1. The Morgan fingerprint density at radius 2 is 2.00 bits per heavy atom. The smallest absolute Gasteiger partial charge is 0.310 e. The Labute approximate surface area is 98.3 Å². The van der Waals surface area contributed by atoms with Crippen LogP contribution in [0.4, 0.5) is 4.39 Å². The molecule has 2 atom stereocenters. The zero-order valence-corrected chi connectivity index (χ0v) is 9.44. The Morgan fingerprint density at radius 1 is 1.41 bits per heavy atom. The van der Waals surface area contributed by atoms with E-state index in [0.29, 0.717) is 12.0 Å². The molecule has 0 heterocycles. The van der Waals surface area contributed by atoms with Crippen LogP contribution in [0, 0.1) is 11.2 Å².